The van der Waals surface area contributed by atoms with E-state index < -0.39 is 0 Å². The minimum atomic E-state index is 0.370. The molecule has 2 aromatic heterocycles. The summed E-state index contributed by atoms with van der Waals surface area (Å²) in [4.78, 5) is 8.40. The van der Waals surface area contributed by atoms with Crippen LogP contribution in [-0.2, 0) is 13.5 Å². The lowest BCUT2D eigenvalue weighted by Crippen LogP contribution is -2.26. The number of imidazole rings is 1. The molecule has 0 spiro atoms. The minimum Gasteiger partial charge on any atom is -0.339 e. The topological polar surface area (TPSA) is 68.8 Å². The number of nitrogens with one attached hydrogen (secondary N) is 1. The third-order valence-electron chi connectivity index (χ3n) is 2.84. The van der Waals surface area contributed by atoms with Gasteiger partial charge in [-0.3, -0.25) is 0 Å². The fourth-order valence-electron chi connectivity index (χ4n) is 1.68. The van der Waals surface area contributed by atoms with Gasteiger partial charge < -0.3 is 14.4 Å². The zero-order chi connectivity index (χ0) is 12.3. The fourth-order valence-corrected chi connectivity index (χ4v) is 1.68. The van der Waals surface area contributed by atoms with Crippen molar-refractivity contribution in [3.05, 3.63) is 18.4 Å². The van der Waals surface area contributed by atoms with Crippen LogP contribution in [0.3, 0.4) is 0 Å². The molecule has 6 nitrogen and oxygen atoms in total. The first-order valence-electron chi connectivity index (χ1n) is 5.71. The molecule has 1 atom stereocenters. The van der Waals surface area contributed by atoms with Gasteiger partial charge >= 0.3 is 0 Å². The summed E-state index contributed by atoms with van der Waals surface area (Å²) in [5.74, 6) is 1.24. The second-order valence-corrected chi connectivity index (χ2v) is 4.00. The van der Waals surface area contributed by atoms with Gasteiger partial charge in [0.15, 0.2) is 0 Å². The number of hydrogen-bond donors (Lipinski definition) is 1. The van der Waals surface area contributed by atoms with E-state index in [1.807, 2.05) is 18.7 Å². The highest BCUT2D eigenvalue weighted by Crippen LogP contribution is 2.14. The lowest BCUT2D eigenvalue weighted by atomic mass is 10.1. The van der Waals surface area contributed by atoms with Crippen molar-refractivity contribution in [3.8, 4) is 11.5 Å². The standard InChI is InChI=1S/C11H17N5O/c1-4-8(12-2)5-10-14-11(15-17-10)9-6-13-7-16(9)3/h6-8,12H,4-5H2,1-3H3. The van der Waals surface area contributed by atoms with Crippen molar-refractivity contribution in [2.75, 3.05) is 7.05 Å². The molecule has 2 heterocycles. The summed E-state index contributed by atoms with van der Waals surface area (Å²) < 4.78 is 7.10. The Hall–Kier alpha value is -1.69. The quantitative estimate of drug-likeness (QED) is 0.837. The van der Waals surface area contributed by atoms with Crippen LogP contribution in [0.4, 0.5) is 0 Å². The molecule has 1 N–H and O–H groups in total. The lowest BCUT2D eigenvalue weighted by molar-refractivity contribution is 0.359. The van der Waals surface area contributed by atoms with Gasteiger partial charge in [-0.1, -0.05) is 12.1 Å². The van der Waals surface area contributed by atoms with E-state index >= 15 is 0 Å². The third-order valence-corrected chi connectivity index (χ3v) is 2.84. The molecular weight excluding hydrogens is 218 g/mol. The van der Waals surface area contributed by atoms with Crippen LogP contribution in [-0.4, -0.2) is 32.8 Å². The summed E-state index contributed by atoms with van der Waals surface area (Å²) >= 11 is 0. The second kappa shape index (κ2) is 5.09. The van der Waals surface area contributed by atoms with Crippen molar-refractivity contribution < 1.29 is 4.52 Å². The van der Waals surface area contributed by atoms with Gasteiger partial charge in [-0.25, -0.2) is 4.98 Å². The number of rotatable bonds is 5. The minimum absolute atomic E-state index is 0.370. The molecule has 0 amide bonds. The van der Waals surface area contributed by atoms with Crippen LogP contribution in [0.1, 0.15) is 19.2 Å². The molecule has 0 fully saturated rings. The summed E-state index contributed by atoms with van der Waals surface area (Å²) in [6.45, 7) is 2.12. The molecule has 0 aliphatic rings. The molecule has 6 heteroatoms. The third kappa shape index (κ3) is 2.52. The van der Waals surface area contributed by atoms with Crippen LogP contribution >= 0.6 is 0 Å². The van der Waals surface area contributed by atoms with Crippen LogP contribution < -0.4 is 5.32 Å². The molecule has 0 aromatic carbocycles. The van der Waals surface area contributed by atoms with Crippen LogP contribution in [0.5, 0.6) is 0 Å². The monoisotopic (exact) mass is 235 g/mol. The highest BCUT2D eigenvalue weighted by molar-refractivity contribution is 5.46. The number of nitrogens with zero attached hydrogens (tertiary/aromatic N) is 4. The molecular formula is C11H17N5O. The second-order valence-electron chi connectivity index (χ2n) is 4.00. The highest BCUT2D eigenvalue weighted by atomic mass is 16.5. The van der Waals surface area contributed by atoms with Crippen LogP contribution in [0.2, 0.25) is 0 Å². The molecule has 0 saturated carbocycles. The predicted octanol–water partition coefficient (Wildman–Crippen LogP) is 1.01. The maximum atomic E-state index is 5.24. The SMILES string of the molecule is CCC(Cc1nc(-c2cncn2C)no1)NC. The Balaban J connectivity index is 2.14. The number of hydrogen-bond acceptors (Lipinski definition) is 5. The van der Waals surface area contributed by atoms with Crippen molar-refractivity contribution in [2.45, 2.75) is 25.8 Å². The maximum absolute atomic E-state index is 5.24. The molecule has 92 valence electrons. The van der Waals surface area contributed by atoms with Gasteiger partial charge in [0, 0.05) is 19.5 Å². The van der Waals surface area contributed by atoms with Crippen molar-refractivity contribution in [3.63, 3.8) is 0 Å². The molecule has 0 aliphatic carbocycles. The smallest absolute Gasteiger partial charge is 0.228 e. The normalized spacial score (nSPS) is 12.9. The molecule has 2 rings (SSSR count). The van der Waals surface area contributed by atoms with E-state index in [2.05, 4.69) is 27.4 Å². The Morgan fingerprint density at radius 3 is 2.94 bits per heavy atom. The lowest BCUT2D eigenvalue weighted by Gasteiger charge is -2.09. The molecule has 0 bridgehead atoms. The zero-order valence-electron chi connectivity index (χ0n) is 10.3. The Morgan fingerprint density at radius 1 is 1.53 bits per heavy atom. The van der Waals surface area contributed by atoms with Gasteiger partial charge in [0.25, 0.3) is 0 Å². The number of likely N-dealkylation sites (N-methyl/N-ethyl adjacent to an activating group) is 1. The van der Waals surface area contributed by atoms with E-state index in [9.17, 15) is 0 Å². The molecule has 0 aliphatic heterocycles. The fraction of sp³-hybridized carbons (Fsp3) is 0.545. The maximum Gasteiger partial charge on any atom is 0.228 e. The highest BCUT2D eigenvalue weighted by Gasteiger charge is 2.14. The van der Waals surface area contributed by atoms with Gasteiger partial charge in [0.2, 0.25) is 11.7 Å². The summed E-state index contributed by atoms with van der Waals surface area (Å²) in [5, 5.41) is 7.18. The van der Waals surface area contributed by atoms with Gasteiger partial charge in [0.1, 0.15) is 5.69 Å². The number of aromatic nitrogens is 4. The van der Waals surface area contributed by atoms with E-state index in [-0.39, 0.29) is 0 Å². The Morgan fingerprint density at radius 2 is 2.35 bits per heavy atom. The Labute approximate surface area is 100 Å². The Kier molecular flexibility index (Phi) is 3.53. The average molecular weight is 235 g/mol. The van der Waals surface area contributed by atoms with Crippen molar-refractivity contribution in [2.24, 2.45) is 7.05 Å². The van der Waals surface area contributed by atoms with Gasteiger partial charge in [-0.15, -0.1) is 0 Å². The van der Waals surface area contributed by atoms with Crippen molar-refractivity contribution in [1.82, 2.24) is 25.0 Å². The molecule has 1 unspecified atom stereocenters. The largest absolute Gasteiger partial charge is 0.339 e. The molecule has 0 saturated heterocycles. The Bertz CT molecular complexity index is 472. The summed E-state index contributed by atoms with van der Waals surface area (Å²) in [6, 6.07) is 0.370. The van der Waals surface area contributed by atoms with Crippen LogP contribution in [0.25, 0.3) is 11.5 Å². The van der Waals surface area contributed by atoms with E-state index in [4.69, 9.17) is 4.52 Å². The van der Waals surface area contributed by atoms with Crippen molar-refractivity contribution >= 4 is 0 Å². The van der Waals surface area contributed by atoms with Crippen LogP contribution in [0, 0.1) is 0 Å². The van der Waals surface area contributed by atoms with Gasteiger partial charge in [-0.2, -0.15) is 4.98 Å². The summed E-state index contributed by atoms with van der Waals surface area (Å²) in [6.07, 6.45) is 5.22. The molecule has 17 heavy (non-hydrogen) atoms. The first-order chi connectivity index (χ1) is 8.24. The molecule has 2 aromatic rings. The first-order valence-corrected chi connectivity index (χ1v) is 5.71. The van der Waals surface area contributed by atoms with Gasteiger partial charge in [0.05, 0.1) is 12.5 Å². The van der Waals surface area contributed by atoms with Crippen LogP contribution in [0.15, 0.2) is 17.0 Å². The molecule has 0 radical (unpaired) electrons. The van der Waals surface area contributed by atoms with E-state index in [0.29, 0.717) is 17.8 Å². The first kappa shape index (κ1) is 11.8. The van der Waals surface area contributed by atoms with Crippen molar-refractivity contribution in [1.29, 1.82) is 0 Å². The number of aryl methyl sites for hydroxylation is 1. The van der Waals surface area contributed by atoms with E-state index in [1.165, 1.54) is 0 Å². The summed E-state index contributed by atoms with van der Waals surface area (Å²) in [7, 11) is 3.84. The predicted molar refractivity (Wildman–Crippen MR) is 63.3 cm³/mol. The average Bonchev–Trinajstić information content (AvgIpc) is 2.94. The van der Waals surface area contributed by atoms with Gasteiger partial charge in [-0.05, 0) is 13.5 Å². The zero-order valence-corrected chi connectivity index (χ0v) is 10.3. The summed E-state index contributed by atoms with van der Waals surface area (Å²) in [5.41, 5.74) is 0.859. The van der Waals surface area contributed by atoms with E-state index in [0.717, 1.165) is 18.5 Å². The van der Waals surface area contributed by atoms with E-state index in [1.54, 1.807) is 12.5 Å².